The molecule has 2 amide bonds. The number of primary sulfonamides is 1. The Morgan fingerprint density at radius 2 is 1.81 bits per heavy atom. The van der Waals surface area contributed by atoms with E-state index in [0.29, 0.717) is 0 Å². The van der Waals surface area contributed by atoms with E-state index in [-0.39, 0.29) is 35.7 Å². The quantitative estimate of drug-likeness (QED) is 0.578. The summed E-state index contributed by atoms with van der Waals surface area (Å²) in [5.74, 6) is -0.849. The van der Waals surface area contributed by atoms with Crippen molar-refractivity contribution in [3.05, 3.63) is 82.0 Å². The number of rotatable bonds is 6. The van der Waals surface area contributed by atoms with Crippen LogP contribution in [0.3, 0.4) is 0 Å². The summed E-state index contributed by atoms with van der Waals surface area (Å²) in [6.07, 6.45) is 0.118. The summed E-state index contributed by atoms with van der Waals surface area (Å²) < 4.78 is 22.8. The molecule has 2 aromatic carbocycles. The summed E-state index contributed by atoms with van der Waals surface area (Å²) >= 11 is 1.52. The first-order chi connectivity index (χ1) is 15.2. The molecule has 1 aliphatic heterocycles. The molecule has 2 unspecified atom stereocenters. The lowest BCUT2D eigenvalue weighted by atomic mass is 9.97. The third kappa shape index (κ3) is 4.59. The first-order valence-electron chi connectivity index (χ1n) is 10.1. The number of hydrogen-bond acceptors (Lipinski definition) is 5. The van der Waals surface area contributed by atoms with Crippen LogP contribution in [-0.2, 0) is 26.2 Å². The van der Waals surface area contributed by atoms with Gasteiger partial charge in [0.2, 0.25) is 21.8 Å². The van der Waals surface area contributed by atoms with Crippen LogP contribution in [0.5, 0.6) is 0 Å². The molecule has 166 valence electrons. The lowest BCUT2D eigenvalue weighted by molar-refractivity contribution is -0.126. The van der Waals surface area contributed by atoms with E-state index in [1.54, 1.807) is 17.0 Å². The zero-order chi connectivity index (χ0) is 22.9. The smallest absolute Gasteiger partial charge is 0.238 e. The van der Waals surface area contributed by atoms with Crippen LogP contribution in [0.4, 0.5) is 5.69 Å². The second-order valence-electron chi connectivity index (χ2n) is 7.78. The summed E-state index contributed by atoms with van der Waals surface area (Å²) in [6, 6.07) is 17.2. The number of sulfonamides is 1. The number of amides is 2. The van der Waals surface area contributed by atoms with Crippen LogP contribution >= 0.6 is 11.3 Å². The van der Waals surface area contributed by atoms with Crippen LogP contribution in [-0.4, -0.2) is 20.2 Å². The summed E-state index contributed by atoms with van der Waals surface area (Å²) in [6.45, 7) is 2.20. The topological polar surface area (TPSA) is 110 Å². The van der Waals surface area contributed by atoms with Crippen molar-refractivity contribution in [2.24, 2.45) is 11.1 Å². The summed E-state index contributed by atoms with van der Waals surface area (Å²) in [5.41, 5.74) is 2.60. The Morgan fingerprint density at radius 3 is 2.41 bits per heavy atom. The minimum absolute atomic E-state index is 0.0143. The molecule has 0 radical (unpaired) electrons. The Morgan fingerprint density at radius 1 is 1.12 bits per heavy atom. The molecule has 32 heavy (non-hydrogen) atoms. The van der Waals surface area contributed by atoms with Gasteiger partial charge in [-0.15, -0.1) is 11.3 Å². The Balaban J connectivity index is 1.54. The molecular formula is C23H23N3O4S2. The van der Waals surface area contributed by atoms with E-state index in [4.69, 9.17) is 5.14 Å². The maximum atomic E-state index is 13.1. The molecule has 0 spiro atoms. The van der Waals surface area contributed by atoms with E-state index in [1.807, 2.05) is 48.7 Å². The van der Waals surface area contributed by atoms with Crippen molar-refractivity contribution in [2.45, 2.75) is 30.8 Å². The van der Waals surface area contributed by atoms with Crippen molar-refractivity contribution in [3.8, 4) is 0 Å². The van der Waals surface area contributed by atoms with Crippen molar-refractivity contribution in [1.82, 2.24) is 5.32 Å². The van der Waals surface area contributed by atoms with Gasteiger partial charge in [0, 0.05) is 23.5 Å². The molecule has 1 saturated heterocycles. The van der Waals surface area contributed by atoms with E-state index in [1.165, 1.54) is 23.5 Å². The summed E-state index contributed by atoms with van der Waals surface area (Å²) in [4.78, 5) is 28.8. The zero-order valence-corrected chi connectivity index (χ0v) is 19.0. The minimum Gasteiger partial charge on any atom is -0.352 e. The Hall–Kier alpha value is -3.01. The molecule has 2 heterocycles. The number of nitrogens with one attached hydrogen (secondary N) is 1. The van der Waals surface area contributed by atoms with Gasteiger partial charge in [-0.05, 0) is 48.2 Å². The zero-order valence-electron chi connectivity index (χ0n) is 17.4. The monoisotopic (exact) mass is 469 g/mol. The average Bonchev–Trinajstić information content (AvgIpc) is 3.40. The standard InChI is InChI=1S/C23H23N3O4S2/c1-15-4-8-17(9-5-15)26-21(27)13-19(22(26)20-3-2-12-31-20)23(28)25-14-16-6-10-18(11-7-16)32(24,29)30/h2-12,19,22H,13-14H2,1H3,(H,25,28)(H2,24,29,30). The average molecular weight is 470 g/mol. The number of hydrogen-bond donors (Lipinski definition) is 2. The minimum atomic E-state index is -3.77. The fourth-order valence-corrected chi connectivity index (χ4v) is 5.28. The molecule has 7 nitrogen and oxygen atoms in total. The molecular weight excluding hydrogens is 446 g/mol. The number of thiophene rings is 1. The molecule has 1 fully saturated rings. The lowest BCUT2D eigenvalue weighted by Gasteiger charge is -2.27. The van der Waals surface area contributed by atoms with Crippen LogP contribution in [0.15, 0.2) is 70.9 Å². The molecule has 4 rings (SSSR count). The summed E-state index contributed by atoms with van der Waals surface area (Å²) in [7, 11) is -3.77. The molecule has 9 heteroatoms. The second kappa shape index (κ2) is 8.85. The molecule has 3 aromatic rings. The number of aryl methyl sites for hydroxylation is 1. The highest BCUT2D eigenvalue weighted by Gasteiger charge is 2.45. The van der Waals surface area contributed by atoms with Gasteiger partial charge in [0.05, 0.1) is 16.9 Å². The van der Waals surface area contributed by atoms with Crippen LogP contribution < -0.4 is 15.4 Å². The maximum Gasteiger partial charge on any atom is 0.238 e. The van der Waals surface area contributed by atoms with Gasteiger partial charge in [0.1, 0.15) is 0 Å². The number of carbonyl (C=O) groups excluding carboxylic acids is 2. The predicted octanol–water partition coefficient (Wildman–Crippen LogP) is 3.11. The summed E-state index contributed by atoms with van der Waals surface area (Å²) in [5, 5.41) is 9.96. The number of anilines is 1. The van der Waals surface area contributed by atoms with Crippen molar-refractivity contribution in [2.75, 3.05) is 4.90 Å². The molecule has 0 saturated carbocycles. The van der Waals surface area contributed by atoms with Crippen LogP contribution in [0.2, 0.25) is 0 Å². The first kappa shape index (κ1) is 22.2. The van der Waals surface area contributed by atoms with E-state index in [0.717, 1.165) is 21.7 Å². The van der Waals surface area contributed by atoms with Gasteiger partial charge in [-0.1, -0.05) is 35.9 Å². The van der Waals surface area contributed by atoms with Gasteiger partial charge in [0.25, 0.3) is 0 Å². The largest absolute Gasteiger partial charge is 0.352 e. The number of nitrogens with two attached hydrogens (primary N) is 1. The van der Waals surface area contributed by atoms with E-state index in [9.17, 15) is 18.0 Å². The van der Waals surface area contributed by atoms with Crippen LogP contribution in [0, 0.1) is 12.8 Å². The maximum absolute atomic E-state index is 13.1. The van der Waals surface area contributed by atoms with Gasteiger partial charge < -0.3 is 10.2 Å². The van der Waals surface area contributed by atoms with Crippen molar-refractivity contribution in [1.29, 1.82) is 0 Å². The third-order valence-corrected chi connectivity index (χ3v) is 7.40. The van der Waals surface area contributed by atoms with Gasteiger partial charge in [-0.3, -0.25) is 9.59 Å². The highest BCUT2D eigenvalue weighted by molar-refractivity contribution is 7.89. The number of carbonyl (C=O) groups is 2. The fourth-order valence-electron chi connectivity index (χ4n) is 3.88. The van der Waals surface area contributed by atoms with Crippen molar-refractivity contribution >= 4 is 38.9 Å². The van der Waals surface area contributed by atoms with E-state index in [2.05, 4.69) is 5.32 Å². The highest BCUT2D eigenvalue weighted by atomic mass is 32.2. The molecule has 1 aromatic heterocycles. The van der Waals surface area contributed by atoms with Gasteiger partial charge in [0.15, 0.2) is 0 Å². The van der Waals surface area contributed by atoms with Gasteiger partial charge in [-0.2, -0.15) is 0 Å². The Bertz CT molecular complexity index is 1220. The molecule has 2 atom stereocenters. The van der Waals surface area contributed by atoms with Crippen molar-refractivity contribution in [3.63, 3.8) is 0 Å². The number of nitrogens with zero attached hydrogens (tertiary/aromatic N) is 1. The van der Waals surface area contributed by atoms with Crippen molar-refractivity contribution < 1.29 is 18.0 Å². The molecule has 0 bridgehead atoms. The van der Waals surface area contributed by atoms with Gasteiger partial charge in [-0.25, -0.2) is 13.6 Å². The van der Waals surface area contributed by atoms with Gasteiger partial charge >= 0.3 is 0 Å². The SMILES string of the molecule is Cc1ccc(N2C(=O)CC(C(=O)NCc3ccc(S(N)(=O)=O)cc3)C2c2cccs2)cc1. The van der Waals surface area contributed by atoms with Crippen LogP contribution in [0.1, 0.15) is 28.5 Å². The molecule has 0 aliphatic carbocycles. The lowest BCUT2D eigenvalue weighted by Crippen LogP contribution is -2.35. The highest BCUT2D eigenvalue weighted by Crippen LogP contribution is 2.43. The predicted molar refractivity (Wildman–Crippen MR) is 123 cm³/mol. The number of benzene rings is 2. The normalized spacial score (nSPS) is 18.7. The van der Waals surface area contributed by atoms with E-state index >= 15 is 0 Å². The Labute approximate surface area is 190 Å². The fraction of sp³-hybridized carbons (Fsp3) is 0.217. The molecule has 1 aliphatic rings. The first-order valence-corrected chi connectivity index (χ1v) is 12.5. The molecule has 3 N–H and O–H groups in total. The second-order valence-corrected chi connectivity index (χ2v) is 10.3. The van der Waals surface area contributed by atoms with E-state index < -0.39 is 15.9 Å². The van der Waals surface area contributed by atoms with Crippen LogP contribution in [0.25, 0.3) is 0 Å². The Kier molecular flexibility index (Phi) is 6.14. The third-order valence-electron chi connectivity index (χ3n) is 5.52.